The minimum Gasteiger partial charge on any atom is -0.465 e. The minimum atomic E-state index is -1.05. The summed E-state index contributed by atoms with van der Waals surface area (Å²) >= 11 is 7.01. The molecule has 0 aliphatic rings. The van der Waals surface area contributed by atoms with Gasteiger partial charge in [0.15, 0.2) is 0 Å². The number of hydrogen-bond donors (Lipinski definition) is 3. The van der Waals surface area contributed by atoms with Crippen LogP contribution in [0.5, 0.6) is 0 Å². The molecule has 0 saturated heterocycles. The van der Waals surface area contributed by atoms with Crippen LogP contribution in [0.1, 0.15) is 0 Å². The van der Waals surface area contributed by atoms with Crippen molar-refractivity contribution < 1.29 is 9.90 Å². The van der Waals surface area contributed by atoms with Crippen LogP contribution in [-0.4, -0.2) is 33.5 Å². The van der Waals surface area contributed by atoms with E-state index in [0.29, 0.717) is 17.3 Å². The van der Waals surface area contributed by atoms with Gasteiger partial charge in [-0.2, -0.15) is 0 Å². The monoisotopic (exact) mass is 248 g/mol. The molecular weight excluding hydrogens is 240 g/mol. The van der Waals surface area contributed by atoms with Gasteiger partial charge >= 0.3 is 6.09 Å². The Kier molecular flexibility index (Phi) is 4.44. The summed E-state index contributed by atoms with van der Waals surface area (Å²) in [5.74, 6) is 0.662. The van der Waals surface area contributed by atoms with E-state index in [0.717, 1.165) is 0 Å². The zero-order chi connectivity index (χ0) is 11.3. The van der Waals surface area contributed by atoms with E-state index in [-0.39, 0.29) is 11.1 Å². The van der Waals surface area contributed by atoms with Gasteiger partial charge in [0.1, 0.15) is 10.2 Å². The molecule has 82 valence electrons. The van der Waals surface area contributed by atoms with Gasteiger partial charge in [0.05, 0.1) is 0 Å². The van der Waals surface area contributed by atoms with Crippen LogP contribution >= 0.6 is 23.4 Å². The fourth-order valence-electron chi connectivity index (χ4n) is 0.801. The topological polar surface area (TPSA) is 101 Å². The van der Waals surface area contributed by atoms with Crippen molar-refractivity contribution in [3.8, 4) is 0 Å². The summed E-state index contributed by atoms with van der Waals surface area (Å²) in [5, 5.41) is 11.4. The van der Waals surface area contributed by atoms with Crippen LogP contribution in [0.4, 0.5) is 10.7 Å². The number of anilines is 1. The summed E-state index contributed by atoms with van der Waals surface area (Å²) in [7, 11) is 0. The standard InChI is InChI=1S/C7H9ClN4O2S/c8-4-3-5(12-6(9)11-4)15-2-1-10-7(13)14/h3,10H,1-2H2,(H,13,14)(H2,9,11,12). The Balaban J connectivity index is 2.40. The number of hydrogen-bond acceptors (Lipinski definition) is 5. The quantitative estimate of drug-likeness (QED) is 0.419. The molecule has 0 bridgehead atoms. The predicted octanol–water partition coefficient (Wildman–Crippen LogP) is 1.07. The Hall–Kier alpha value is -1.21. The normalized spacial score (nSPS) is 9.93. The summed E-state index contributed by atoms with van der Waals surface area (Å²) in [6, 6.07) is 1.57. The highest BCUT2D eigenvalue weighted by molar-refractivity contribution is 7.99. The van der Waals surface area contributed by atoms with Crippen molar-refractivity contribution >= 4 is 35.4 Å². The third-order valence-electron chi connectivity index (χ3n) is 1.32. The summed E-state index contributed by atoms with van der Waals surface area (Å²) in [4.78, 5) is 17.8. The van der Waals surface area contributed by atoms with E-state index in [1.54, 1.807) is 6.07 Å². The van der Waals surface area contributed by atoms with Gasteiger partial charge in [-0.1, -0.05) is 11.6 Å². The molecule has 15 heavy (non-hydrogen) atoms. The Morgan fingerprint density at radius 2 is 2.40 bits per heavy atom. The van der Waals surface area contributed by atoms with E-state index in [1.165, 1.54) is 11.8 Å². The molecule has 0 atom stereocenters. The molecule has 1 amide bonds. The molecule has 1 rings (SSSR count). The van der Waals surface area contributed by atoms with Crippen molar-refractivity contribution in [2.24, 2.45) is 0 Å². The smallest absolute Gasteiger partial charge is 0.404 e. The SMILES string of the molecule is Nc1nc(Cl)cc(SCCNC(=O)O)n1. The number of carboxylic acid groups (broad SMARTS) is 1. The average molecular weight is 249 g/mol. The lowest BCUT2D eigenvalue weighted by Gasteiger charge is -2.02. The number of nitrogens with two attached hydrogens (primary N) is 1. The Labute approximate surface area is 95.2 Å². The molecule has 0 fully saturated rings. The van der Waals surface area contributed by atoms with Crippen molar-refractivity contribution in [2.45, 2.75) is 5.03 Å². The minimum absolute atomic E-state index is 0.108. The fourth-order valence-corrected chi connectivity index (χ4v) is 1.82. The molecular formula is C7H9ClN4O2S. The molecule has 1 aromatic heterocycles. The summed E-state index contributed by atoms with van der Waals surface area (Å²) in [6.45, 7) is 0.335. The molecule has 8 heteroatoms. The number of rotatable bonds is 4. The van der Waals surface area contributed by atoms with Crippen molar-refractivity contribution in [1.82, 2.24) is 15.3 Å². The molecule has 0 radical (unpaired) electrons. The number of nitrogens with one attached hydrogen (secondary N) is 1. The van der Waals surface area contributed by atoms with Crippen LogP contribution in [0.2, 0.25) is 5.15 Å². The van der Waals surface area contributed by atoms with Gasteiger partial charge in [0.25, 0.3) is 0 Å². The molecule has 6 nitrogen and oxygen atoms in total. The fraction of sp³-hybridized carbons (Fsp3) is 0.286. The van der Waals surface area contributed by atoms with Crippen molar-refractivity contribution in [3.63, 3.8) is 0 Å². The maximum Gasteiger partial charge on any atom is 0.404 e. The second-order valence-electron chi connectivity index (χ2n) is 2.47. The highest BCUT2D eigenvalue weighted by atomic mass is 35.5. The highest BCUT2D eigenvalue weighted by Gasteiger charge is 2.01. The number of carbonyl (C=O) groups is 1. The third-order valence-corrected chi connectivity index (χ3v) is 2.42. The van der Waals surface area contributed by atoms with Crippen LogP contribution in [-0.2, 0) is 0 Å². The van der Waals surface area contributed by atoms with Gasteiger partial charge in [-0.05, 0) is 0 Å². The van der Waals surface area contributed by atoms with E-state index in [2.05, 4.69) is 15.3 Å². The van der Waals surface area contributed by atoms with Crippen LogP contribution in [0.15, 0.2) is 11.1 Å². The molecule has 0 aliphatic heterocycles. The maximum absolute atomic E-state index is 10.1. The number of aromatic nitrogens is 2. The molecule has 0 aliphatic carbocycles. The Morgan fingerprint density at radius 1 is 1.67 bits per heavy atom. The van der Waals surface area contributed by atoms with Gasteiger partial charge in [0, 0.05) is 18.4 Å². The zero-order valence-corrected chi connectivity index (χ0v) is 9.18. The van der Waals surface area contributed by atoms with E-state index in [1.807, 2.05) is 0 Å². The Bertz CT molecular complexity index is 343. The first-order valence-electron chi connectivity index (χ1n) is 3.97. The molecule has 1 heterocycles. The lowest BCUT2D eigenvalue weighted by atomic mass is 10.7. The number of nitrogen functional groups attached to an aromatic ring is 1. The van der Waals surface area contributed by atoms with Crippen LogP contribution < -0.4 is 11.1 Å². The molecule has 0 spiro atoms. The number of thioether (sulfide) groups is 1. The average Bonchev–Trinajstić information content (AvgIpc) is 2.10. The van der Waals surface area contributed by atoms with Gasteiger partial charge < -0.3 is 16.2 Å². The number of halogens is 1. The molecule has 0 saturated carbocycles. The van der Waals surface area contributed by atoms with Crippen LogP contribution in [0.3, 0.4) is 0 Å². The van der Waals surface area contributed by atoms with Gasteiger partial charge in [-0.3, -0.25) is 0 Å². The van der Waals surface area contributed by atoms with Crippen LogP contribution in [0, 0.1) is 0 Å². The molecule has 4 N–H and O–H groups in total. The molecule has 0 unspecified atom stereocenters. The second-order valence-corrected chi connectivity index (χ2v) is 3.97. The van der Waals surface area contributed by atoms with Crippen molar-refractivity contribution in [2.75, 3.05) is 18.0 Å². The van der Waals surface area contributed by atoms with E-state index in [9.17, 15) is 4.79 Å². The highest BCUT2D eigenvalue weighted by Crippen LogP contribution is 2.18. The van der Waals surface area contributed by atoms with Gasteiger partial charge in [-0.25, -0.2) is 14.8 Å². The Morgan fingerprint density at radius 3 is 3.00 bits per heavy atom. The zero-order valence-electron chi connectivity index (χ0n) is 7.61. The molecule has 0 aromatic carbocycles. The number of amides is 1. The predicted molar refractivity (Wildman–Crippen MR) is 58.2 cm³/mol. The summed E-state index contributed by atoms with van der Waals surface area (Å²) in [5.41, 5.74) is 5.38. The third kappa shape index (κ3) is 4.71. The first-order chi connectivity index (χ1) is 7.08. The lowest BCUT2D eigenvalue weighted by molar-refractivity contribution is 0.195. The summed E-state index contributed by atoms with van der Waals surface area (Å²) < 4.78 is 0. The van der Waals surface area contributed by atoms with Crippen molar-refractivity contribution in [1.29, 1.82) is 0 Å². The van der Waals surface area contributed by atoms with E-state index >= 15 is 0 Å². The first kappa shape index (κ1) is 11.9. The van der Waals surface area contributed by atoms with Gasteiger partial charge in [0.2, 0.25) is 5.95 Å². The van der Waals surface area contributed by atoms with E-state index in [4.69, 9.17) is 22.4 Å². The van der Waals surface area contributed by atoms with Crippen molar-refractivity contribution in [3.05, 3.63) is 11.2 Å². The molecule has 1 aromatic rings. The summed E-state index contributed by atoms with van der Waals surface area (Å²) in [6.07, 6.45) is -1.05. The maximum atomic E-state index is 10.1. The number of nitrogens with zero attached hydrogens (tertiary/aromatic N) is 2. The second kappa shape index (κ2) is 5.62. The lowest BCUT2D eigenvalue weighted by Crippen LogP contribution is -2.23. The van der Waals surface area contributed by atoms with E-state index < -0.39 is 6.09 Å². The van der Waals surface area contributed by atoms with Crippen LogP contribution in [0.25, 0.3) is 0 Å². The first-order valence-corrected chi connectivity index (χ1v) is 5.34. The largest absolute Gasteiger partial charge is 0.465 e. The van der Waals surface area contributed by atoms with Gasteiger partial charge in [-0.15, -0.1) is 11.8 Å².